The summed E-state index contributed by atoms with van der Waals surface area (Å²) in [5, 5.41) is 12.4. The van der Waals surface area contributed by atoms with E-state index >= 15 is 0 Å². The summed E-state index contributed by atoms with van der Waals surface area (Å²) in [6.07, 6.45) is 6.69. The number of benzene rings is 2. The van der Waals surface area contributed by atoms with Crippen molar-refractivity contribution in [2.75, 3.05) is 24.7 Å². The highest BCUT2D eigenvalue weighted by Gasteiger charge is 2.24. The number of rotatable bonds is 7. The number of furan rings is 1. The lowest BCUT2D eigenvalue weighted by atomic mass is 10.1. The Morgan fingerprint density at radius 1 is 1.09 bits per heavy atom. The molecule has 0 aliphatic carbocycles. The Balaban J connectivity index is 1.23. The molecule has 2 aromatic heterocycles. The molecule has 2 N–H and O–H groups in total. The number of hydrogen-bond acceptors (Lipinski definition) is 7. The van der Waals surface area contributed by atoms with Crippen LogP contribution < -0.4 is 5.32 Å². The van der Waals surface area contributed by atoms with E-state index in [2.05, 4.69) is 26.5 Å². The van der Waals surface area contributed by atoms with E-state index in [1.54, 1.807) is 66.4 Å². The van der Waals surface area contributed by atoms with Gasteiger partial charge in [-0.05, 0) is 67.8 Å². The molecule has 3 amide bonds. The summed E-state index contributed by atoms with van der Waals surface area (Å²) >= 11 is 0. The van der Waals surface area contributed by atoms with E-state index in [0.29, 0.717) is 54.1 Å². The molecular weight excluding hydrogens is 592 g/mol. The summed E-state index contributed by atoms with van der Waals surface area (Å²) in [7, 11) is -3.06. The predicted molar refractivity (Wildman–Crippen MR) is 169 cm³/mol. The number of hydrogen-bond donors (Lipinski definition) is 2. The maximum atomic E-state index is 13.4. The van der Waals surface area contributed by atoms with Crippen LogP contribution in [0, 0.1) is 18.8 Å². The number of aromatic nitrogens is 1. The second-order valence-corrected chi connectivity index (χ2v) is 13.1. The Kier molecular flexibility index (Phi) is 9.56. The molecule has 5 rings (SSSR count). The van der Waals surface area contributed by atoms with Gasteiger partial charge in [-0.2, -0.15) is 4.36 Å². The average Bonchev–Trinajstić information content (AvgIpc) is 3.67. The van der Waals surface area contributed by atoms with Gasteiger partial charge < -0.3 is 19.7 Å². The zero-order chi connectivity index (χ0) is 32.0. The minimum atomic E-state index is -3.06. The van der Waals surface area contributed by atoms with Gasteiger partial charge in [0.1, 0.15) is 0 Å². The Hall–Kier alpha value is -5.05. The molecule has 2 aromatic carbocycles. The molecule has 0 bridgehead atoms. The molecule has 0 saturated carbocycles. The lowest BCUT2D eigenvalue weighted by molar-refractivity contribution is -0.130. The third kappa shape index (κ3) is 8.12. The largest absolute Gasteiger partial charge is 0.459 e. The minimum Gasteiger partial charge on any atom is -0.459 e. The monoisotopic (exact) mass is 624 g/mol. The van der Waals surface area contributed by atoms with E-state index in [9.17, 15) is 23.7 Å². The molecular formula is C34H32N4O6S. The van der Waals surface area contributed by atoms with Crippen molar-refractivity contribution >= 4 is 33.1 Å². The molecule has 1 saturated heterocycles. The zero-order valence-electron chi connectivity index (χ0n) is 24.9. The van der Waals surface area contributed by atoms with Gasteiger partial charge in [0.25, 0.3) is 11.8 Å². The molecule has 1 aliphatic rings. The van der Waals surface area contributed by atoms with Crippen molar-refractivity contribution in [3.63, 3.8) is 0 Å². The van der Waals surface area contributed by atoms with Crippen LogP contribution in [0.3, 0.4) is 0 Å². The molecule has 4 aromatic rings. The van der Waals surface area contributed by atoms with Crippen LogP contribution in [0.4, 0.5) is 5.69 Å². The van der Waals surface area contributed by atoms with Gasteiger partial charge in [0.2, 0.25) is 5.91 Å². The first-order valence-electron chi connectivity index (χ1n) is 14.3. The summed E-state index contributed by atoms with van der Waals surface area (Å²) in [5.74, 6) is 5.16. The summed E-state index contributed by atoms with van der Waals surface area (Å²) < 4.78 is 22.6. The van der Waals surface area contributed by atoms with Crippen LogP contribution in [0.2, 0.25) is 0 Å². The third-order valence-corrected chi connectivity index (χ3v) is 8.95. The van der Waals surface area contributed by atoms with E-state index in [4.69, 9.17) is 4.42 Å². The fourth-order valence-corrected chi connectivity index (χ4v) is 5.96. The molecule has 1 fully saturated rings. The van der Waals surface area contributed by atoms with Crippen LogP contribution >= 0.6 is 0 Å². The summed E-state index contributed by atoms with van der Waals surface area (Å²) in [4.78, 5) is 44.0. The van der Waals surface area contributed by atoms with Crippen molar-refractivity contribution in [3.8, 4) is 11.8 Å². The lowest BCUT2D eigenvalue weighted by Crippen LogP contribution is -2.29. The highest BCUT2D eigenvalue weighted by molar-refractivity contribution is 7.93. The number of carbonyl (C=O) groups excluding carboxylic acids is 3. The van der Waals surface area contributed by atoms with Crippen LogP contribution in [-0.2, 0) is 20.9 Å². The van der Waals surface area contributed by atoms with Crippen LogP contribution in [0.5, 0.6) is 0 Å². The Morgan fingerprint density at radius 3 is 2.58 bits per heavy atom. The van der Waals surface area contributed by atoms with Crippen molar-refractivity contribution in [1.82, 2.24) is 9.88 Å². The quantitative estimate of drug-likeness (QED) is 0.289. The summed E-state index contributed by atoms with van der Waals surface area (Å²) in [6, 6.07) is 17.1. The van der Waals surface area contributed by atoms with Crippen LogP contribution in [0.1, 0.15) is 56.0 Å². The van der Waals surface area contributed by atoms with Gasteiger partial charge in [0.05, 0.1) is 27.7 Å². The van der Waals surface area contributed by atoms with Gasteiger partial charge in [-0.25, -0.2) is 4.21 Å². The fraction of sp³-hybridized carbons (Fsp3) is 0.235. The minimum absolute atomic E-state index is 0.00534. The molecule has 1 aliphatic heterocycles. The zero-order valence-corrected chi connectivity index (χ0v) is 25.7. The standard InChI is InChI=1S/C34H32N4O6S/c1-23-15-17-44-32(23)34(42)36-28-5-3-4-25(19-28)6-7-26-18-27(21-35-20-26)33(41)37-45(2,43)30-11-8-24(9-12-30)10-13-31(40)38-16-14-29(39)22-38/h3-5,8-9,11-12,15,17-21,29,39H,10,13-14,16,22H2,1-2H3,(H,36,42). The smallest absolute Gasteiger partial charge is 0.291 e. The first kappa shape index (κ1) is 31.4. The van der Waals surface area contributed by atoms with E-state index < -0.39 is 21.7 Å². The first-order valence-corrected chi connectivity index (χ1v) is 16.2. The summed E-state index contributed by atoms with van der Waals surface area (Å²) in [5.41, 5.74) is 3.41. The van der Waals surface area contributed by atoms with Crippen molar-refractivity contribution in [1.29, 1.82) is 0 Å². The second-order valence-electron chi connectivity index (χ2n) is 10.8. The van der Waals surface area contributed by atoms with E-state index in [-0.39, 0.29) is 23.1 Å². The number of β-amino-alcohol motifs (C(OH)–C–C–N with tert-alkyl or cyclic N) is 1. The molecule has 2 unspecified atom stereocenters. The topological polar surface area (TPSA) is 142 Å². The number of aryl methyl sites for hydroxylation is 2. The molecule has 45 heavy (non-hydrogen) atoms. The first-order chi connectivity index (χ1) is 21.6. The third-order valence-electron chi connectivity index (χ3n) is 7.29. The Morgan fingerprint density at radius 2 is 1.87 bits per heavy atom. The molecule has 3 heterocycles. The highest BCUT2D eigenvalue weighted by atomic mass is 32.2. The number of nitrogens with one attached hydrogen (secondary N) is 1. The van der Waals surface area contributed by atoms with E-state index in [1.807, 2.05) is 0 Å². The van der Waals surface area contributed by atoms with Crippen molar-refractivity contribution in [2.24, 2.45) is 4.36 Å². The highest BCUT2D eigenvalue weighted by Crippen LogP contribution is 2.18. The Labute approximate surface area is 261 Å². The number of aliphatic hydroxyl groups excluding tert-OH is 1. The maximum Gasteiger partial charge on any atom is 0.291 e. The number of aliphatic hydroxyl groups is 1. The predicted octanol–water partition coefficient (Wildman–Crippen LogP) is 4.46. The Bertz CT molecular complexity index is 1930. The molecule has 10 nitrogen and oxygen atoms in total. The molecule has 2 atom stereocenters. The fourth-order valence-electron chi connectivity index (χ4n) is 4.79. The van der Waals surface area contributed by atoms with Crippen LogP contribution in [-0.4, -0.2) is 62.4 Å². The van der Waals surface area contributed by atoms with Crippen molar-refractivity contribution in [2.45, 2.75) is 37.2 Å². The number of nitrogens with zero attached hydrogens (tertiary/aromatic N) is 3. The van der Waals surface area contributed by atoms with E-state index in [1.165, 1.54) is 31.0 Å². The maximum absolute atomic E-state index is 13.4. The van der Waals surface area contributed by atoms with Gasteiger partial charge in [0, 0.05) is 65.4 Å². The second kappa shape index (κ2) is 13.7. The molecule has 0 radical (unpaired) electrons. The number of carbonyl (C=O) groups is 3. The van der Waals surface area contributed by atoms with Gasteiger partial charge >= 0.3 is 0 Å². The van der Waals surface area contributed by atoms with Crippen LogP contribution in [0.25, 0.3) is 0 Å². The molecule has 0 spiro atoms. The number of likely N-dealkylation sites (tertiary alicyclic amines) is 1. The normalized spacial score (nSPS) is 15.4. The van der Waals surface area contributed by atoms with Gasteiger partial charge in [-0.15, -0.1) is 0 Å². The SMILES string of the molecule is Cc1ccoc1C(=O)Nc1cccc(C#Cc2cncc(C(=O)N=S(C)(=O)c3ccc(CCC(=O)N4CCC(O)C4)cc3)c2)c1. The number of anilines is 1. The molecule has 230 valence electrons. The van der Waals surface area contributed by atoms with Crippen molar-refractivity contribution in [3.05, 3.63) is 113 Å². The lowest BCUT2D eigenvalue weighted by Gasteiger charge is -2.15. The average molecular weight is 625 g/mol. The van der Waals surface area contributed by atoms with Gasteiger partial charge in [0.15, 0.2) is 5.76 Å². The van der Waals surface area contributed by atoms with Crippen LogP contribution in [0.15, 0.2) is 93.0 Å². The van der Waals surface area contributed by atoms with Gasteiger partial charge in [-0.3, -0.25) is 19.4 Å². The van der Waals surface area contributed by atoms with Gasteiger partial charge in [-0.1, -0.05) is 30.0 Å². The number of pyridine rings is 1. The van der Waals surface area contributed by atoms with E-state index in [0.717, 1.165) is 11.1 Å². The summed E-state index contributed by atoms with van der Waals surface area (Å²) in [6.45, 7) is 2.73. The number of amides is 3. The molecule has 11 heteroatoms. The van der Waals surface area contributed by atoms with Crippen molar-refractivity contribution < 1.29 is 28.1 Å².